The molecule has 0 bridgehead atoms. The molecule has 0 aliphatic carbocycles. The smallest absolute Gasteiger partial charge is 0.160 e. The van der Waals surface area contributed by atoms with Gasteiger partial charge in [0.2, 0.25) is 0 Å². The number of hydrogen-bond acceptors (Lipinski definition) is 3. The summed E-state index contributed by atoms with van der Waals surface area (Å²) in [5, 5.41) is 5.45. The number of nitrogens with zero attached hydrogens (tertiary/aromatic N) is 4. The summed E-state index contributed by atoms with van der Waals surface area (Å²) in [6.07, 6.45) is 5.32. The molecule has 0 fully saturated rings. The third kappa shape index (κ3) is 5.46. The van der Waals surface area contributed by atoms with Gasteiger partial charge in [0.25, 0.3) is 0 Å². The molecule has 0 saturated carbocycles. The van der Waals surface area contributed by atoms with Gasteiger partial charge in [0.05, 0.1) is 5.52 Å². The lowest BCUT2D eigenvalue weighted by Gasteiger charge is -2.26. The van der Waals surface area contributed by atoms with Crippen molar-refractivity contribution in [3.05, 3.63) is 138 Å². The van der Waals surface area contributed by atoms with Crippen molar-refractivity contribution in [2.24, 2.45) is 10.9 Å². The van der Waals surface area contributed by atoms with Crippen LogP contribution in [-0.4, -0.2) is 15.4 Å². The second kappa shape index (κ2) is 11.9. The summed E-state index contributed by atoms with van der Waals surface area (Å²) in [4.78, 5) is 6.29. The van der Waals surface area contributed by atoms with Crippen molar-refractivity contribution in [2.75, 3.05) is 4.90 Å². The minimum absolute atomic E-state index is 0.625. The summed E-state index contributed by atoms with van der Waals surface area (Å²) in [6, 6.07) is 31.2. The van der Waals surface area contributed by atoms with E-state index in [1.54, 1.807) is 18.5 Å². The molecule has 186 valence electrons. The summed E-state index contributed by atoms with van der Waals surface area (Å²) in [7, 11) is 0. The van der Waals surface area contributed by atoms with Gasteiger partial charge in [-0.3, -0.25) is 4.98 Å². The molecule has 0 atom stereocenters. The number of rotatable bonds is 5. The Morgan fingerprint density at radius 2 is 1.54 bits per heavy atom. The van der Waals surface area contributed by atoms with Gasteiger partial charge in [0.15, 0.2) is 5.84 Å². The Balaban J connectivity index is 0.00000102. The molecule has 37 heavy (non-hydrogen) atoms. The first-order valence-electron chi connectivity index (χ1n) is 12.3. The molecule has 0 aliphatic rings. The molecule has 0 spiro atoms. The van der Waals surface area contributed by atoms with Crippen molar-refractivity contribution < 1.29 is 0 Å². The molecular formula is C32H33N5. The maximum absolute atomic E-state index is 5.90. The van der Waals surface area contributed by atoms with Crippen molar-refractivity contribution >= 4 is 22.4 Å². The maximum atomic E-state index is 5.90. The largest absolute Gasteiger partial charge is 0.321 e. The van der Waals surface area contributed by atoms with Crippen molar-refractivity contribution in [3.63, 3.8) is 0 Å². The predicted octanol–water partition coefficient (Wildman–Crippen LogP) is 7.16. The van der Waals surface area contributed by atoms with Gasteiger partial charge < -0.3 is 15.3 Å². The van der Waals surface area contributed by atoms with Gasteiger partial charge in [-0.15, -0.1) is 6.58 Å². The van der Waals surface area contributed by atoms with E-state index in [4.69, 9.17) is 5.84 Å². The molecular weight excluding hydrogens is 454 g/mol. The molecule has 0 amide bonds. The van der Waals surface area contributed by atoms with Crippen LogP contribution in [0.5, 0.6) is 0 Å². The number of aryl methyl sites for hydroxylation is 1. The van der Waals surface area contributed by atoms with Gasteiger partial charge in [-0.1, -0.05) is 66.7 Å². The maximum Gasteiger partial charge on any atom is 0.160 e. The highest BCUT2D eigenvalue weighted by atomic mass is 15.3. The van der Waals surface area contributed by atoms with Crippen molar-refractivity contribution in [1.82, 2.24) is 9.55 Å². The number of anilines is 1. The lowest BCUT2D eigenvalue weighted by atomic mass is 10.1. The van der Waals surface area contributed by atoms with Crippen molar-refractivity contribution in [1.29, 1.82) is 0 Å². The van der Waals surface area contributed by atoms with E-state index >= 15 is 0 Å². The highest BCUT2D eigenvalue weighted by Gasteiger charge is 2.17. The van der Waals surface area contributed by atoms with Crippen molar-refractivity contribution in [3.8, 4) is 5.69 Å². The molecule has 0 radical (unpaired) electrons. The molecule has 0 saturated heterocycles. The van der Waals surface area contributed by atoms with Gasteiger partial charge in [0, 0.05) is 47.0 Å². The third-order valence-corrected chi connectivity index (χ3v) is 6.35. The molecule has 5 nitrogen and oxygen atoms in total. The molecule has 3 aromatic carbocycles. The summed E-state index contributed by atoms with van der Waals surface area (Å²) in [5.74, 6) is 6.60. The van der Waals surface area contributed by atoms with Crippen LogP contribution in [0.1, 0.15) is 29.3 Å². The number of para-hydroxylation sites is 1. The van der Waals surface area contributed by atoms with Crippen LogP contribution in [0.15, 0.2) is 121 Å². The van der Waals surface area contributed by atoms with Gasteiger partial charge in [-0.25, -0.2) is 0 Å². The second-order valence-electron chi connectivity index (χ2n) is 8.75. The normalized spacial score (nSPS) is 11.1. The number of allylic oxidation sites excluding steroid dienone is 1. The molecule has 2 aromatic heterocycles. The molecule has 2 heterocycles. The van der Waals surface area contributed by atoms with Crippen molar-refractivity contribution in [2.45, 2.75) is 27.3 Å². The fourth-order valence-electron chi connectivity index (χ4n) is 4.49. The van der Waals surface area contributed by atoms with E-state index in [1.165, 1.54) is 22.2 Å². The Bertz CT molecular complexity index is 1480. The topological polar surface area (TPSA) is 59.4 Å². The van der Waals surface area contributed by atoms with Crippen LogP contribution in [-0.2, 0) is 6.54 Å². The van der Waals surface area contributed by atoms with Gasteiger partial charge >= 0.3 is 0 Å². The SMILES string of the molecule is C=CC.Cc1c(C)n(-c2ccc(CN(/C(=N\N)c3ccccc3)c3ccncc3)cc2)c2ccccc12. The predicted molar refractivity (Wildman–Crippen MR) is 156 cm³/mol. The monoisotopic (exact) mass is 487 g/mol. The van der Waals surface area contributed by atoms with Crippen LogP contribution in [0.4, 0.5) is 5.69 Å². The zero-order valence-electron chi connectivity index (χ0n) is 21.7. The Morgan fingerprint density at radius 1 is 0.919 bits per heavy atom. The number of aromatic nitrogens is 2. The Hall–Kier alpha value is -4.64. The van der Waals surface area contributed by atoms with Crippen LogP contribution in [0, 0.1) is 13.8 Å². The summed E-state index contributed by atoms with van der Waals surface area (Å²) >= 11 is 0. The highest BCUT2D eigenvalue weighted by molar-refractivity contribution is 6.09. The van der Waals surface area contributed by atoms with E-state index in [1.807, 2.05) is 49.4 Å². The fourth-order valence-corrected chi connectivity index (χ4v) is 4.49. The van der Waals surface area contributed by atoms with Crippen LogP contribution in [0.2, 0.25) is 0 Å². The average molecular weight is 488 g/mol. The number of amidine groups is 1. The zero-order chi connectivity index (χ0) is 26.2. The van der Waals surface area contributed by atoms with Gasteiger partial charge in [0.1, 0.15) is 0 Å². The summed E-state index contributed by atoms with van der Waals surface area (Å²) in [6.45, 7) is 10.2. The molecule has 2 N–H and O–H groups in total. The van der Waals surface area contributed by atoms with Gasteiger partial charge in [-0.2, -0.15) is 5.10 Å². The van der Waals surface area contributed by atoms with Crippen LogP contribution >= 0.6 is 0 Å². The van der Waals surface area contributed by atoms with E-state index in [0.717, 1.165) is 22.5 Å². The lowest BCUT2D eigenvalue weighted by Crippen LogP contribution is -2.32. The van der Waals surface area contributed by atoms with E-state index in [2.05, 4.69) is 88.5 Å². The quantitative estimate of drug-likeness (QED) is 0.0940. The summed E-state index contributed by atoms with van der Waals surface area (Å²) in [5.41, 5.74) is 8.05. The second-order valence-corrected chi connectivity index (χ2v) is 8.75. The first kappa shape index (κ1) is 25.5. The Kier molecular flexibility index (Phi) is 8.16. The number of benzene rings is 3. The van der Waals surface area contributed by atoms with Crippen LogP contribution in [0.3, 0.4) is 0 Å². The number of fused-ring (bicyclic) bond motifs is 1. The van der Waals surface area contributed by atoms with E-state index in [9.17, 15) is 0 Å². The molecule has 5 heteroatoms. The van der Waals surface area contributed by atoms with E-state index in [-0.39, 0.29) is 0 Å². The van der Waals surface area contributed by atoms with Gasteiger partial charge in [-0.05, 0) is 62.2 Å². The highest BCUT2D eigenvalue weighted by Crippen LogP contribution is 2.29. The minimum atomic E-state index is 0.625. The number of hydrazone groups is 1. The van der Waals surface area contributed by atoms with Crippen LogP contribution < -0.4 is 10.7 Å². The number of nitrogens with two attached hydrogens (primary N) is 1. The Labute approximate surface area is 219 Å². The molecule has 0 unspecified atom stereocenters. The molecule has 5 aromatic rings. The molecule has 0 aliphatic heterocycles. The van der Waals surface area contributed by atoms with E-state index in [0.29, 0.717) is 12.4 Å². The average Bonchev–Trinajstić information content (AvgIpc) is 3.20. The first-order chi connectivity index (χ1) is 18.1. The standard InChI is InChI=1S/C29H27N5.C3H6/c1-21-22(2)34(28-11-7-6-10-27(21)28)26-14-12-23(13-15-26)20-33(25-16-18-31-19-17-25)29(32-30)24-8-4-3-5-9-24;1-3-2/h3-19H,20,30H2,1-2H3;3H,1H2,2H3/b32-29-;. The zero-order valence-corrected chi connectivity index (χ0v) is 21.7. The Morgan fingerprint density at radius 3 is 2.19 bits per heavy atom. The third-order valence-electron chi connectivity index (χ3n) is 6.35. The number of pyridine rings is 1. The first-order valence-corrected chi connectivity index (χ1v) is 12.3. The lowest BCUT2D eigenvalue weighted by molar-refractivity contribution is 0.981. The fraction of sp³-hybridized carbons (Fsp3) is 0.125. The van der Waals surface area contributed by atoms with Crippen LogP contribution in [0.25, 0.3) is 16.6 Å². The number of hydrogen-bond donors (Lipinski definition) is 1. The summed E-state index contributed by atoms with van der Waals surface area (Å²) < 4.78 is 2.33. The van der Waals surface area contributed by atoms with E-state index < -0.39 is 0 Å². The minimum Gasteiger partial charge on any atom is -0.321 e. The molecule has 5 rings (SSSR count).